The quantitative estimate of drug-likeness (QED) is 0.543. The normalized spacial score (nSPS) is 10.3. The first-order valence-corrected chi connectivity index (χ1v) is 5.08. The molecule has 0 amide bonds. The maximum atomic E-state index is 5.37. The highest BCUT2D eigenvalue weighted by molar-refractivity contribution is 7.97. The number of rotatable bonds is 3. The van der Waals surface area contributed by atoms with Crippen LogP contribution >= 0.6 is 11.8 Å². The second kappa shape index (κ2) is 3.82. The lowest BCUT2D eigenvalue weighted by Gasteiger charge is -2.02. The molecule has 0 radical (unpaired) electrons. The van der Waals surface area contributed by atoms with Crippen molar-refractivity contribution in [3.05, 3.63) is 11.3 Å². The highest BCUT2D eigenvalue weighted by Gasteiger charge is 2.10. The summed E-state index contributed by atoms with van der Waals surface area (Å²) in [4.78, 5) is 0. The lowest BCUT2D eigenvalue weighted by molar-refractivity contribution is 0.760. The lowest BCUT2D eigenvalue weighted by Crippen LogP contribution is -2.12. The SMILES string of the molecule is CSCc1c(C)nn(C)c1NN. The van der Waals surface area contributed by atoms with Crippen LogP contribution in [0.1, 0.15) is 11.3 Å². The third kappa shape index (κ3) is 1.56. The van der Waals surface area contributed by atoms with Gasteiger partial charge in [-0.25, -0.2) is 5.84 Å². The first kappa shape index (κ1) is 9.41. The average Bonchev–Trinajstić information content (AvgIpc) is 2.28. The minimum Gasteiger partial charge on any atom is -0.308 e. The molecule has 0 unspecified atom stereocenters. The molecule has 0 saturated carbocycles. The third-order valence-electron chi connectivity index (χ3n) is 1.77. The van der Waals surface area contributed by atoms with Crippen LogP contribution in [0.4, 0.5) is 5.82 Å². The second-order valence-electron chi connectivity index (χ2n) is 2.61. The van der Waals surface area contributed by atoms with Gasteiger partial charge in [-0.05, 0) is 13.2 Å². The smallest absolute Gasteiger partial charge is 0.142 e. The molecule has 5 heteroatoms. The summed E-state index contributed by atoms with van der Waals surface area (Å²) in [6, 6.07) is 0. The van der Waals surface area contributed by atoms with E-state index in [4.69, 9.17) is 5.84 Å². The zero-order valence-corrected chi connectivity index (χ0v) is 8.40. The molecular weight excluding hydrogens is 172 g/mol. The van der Waals surface area contributed by atoms with Gasteiger partial charge < -0.3 is 5.43 Å². The predicted octanol–water partition coefficient (Wildman–Crippen LogP) is 0.877. The monoisotopic (exact) mass is 186 g/mol. The van der Waals surface area contributed by atoms with E-state index < -0.39 is 0 Å². The van der Waals surface area contributed by atoms with E-state index in [0.717, 1.165) is 17.3 Å². The van der Waals surface area contributed by atoms with Gasteiger partial charge in [0.2, 0.25) is 0 Å². The van der Waals surface area contributed by atoms with Crippen LogP contribution in [0.3, 0.4) is 0 Å². The molecule has 0 aliphatic heterocycles. The molecule has 1 aromatic heterocycles. The van der Waals surface area contributed by atoms with Crippen LogP contribution in [0.2, 0.25) is 0 Å². The van der Waals surface area contributed by atoms with Gasteiger partial charge in [0.25, 0.3) is 0 Å². The average molecular weight is 186 g/mol. The lowest BCUT2D eigenvalue weighted by atomic mass is 10.3. The van der Waals surface area contributed by atoms with Gasteiger partial charge >= 0.3 is 0 Å². The highest BCUT2D eigenvalue weighted by atomic mass is 32.2. The molecule has 0 bridgehead atoms. The molecule has 12 heavy (non-hydrogen) atoms. The molecule has 0 aliphatic carbocycles. The van der Waals surface area contributed by atoms with Crippen LogP contribution in [0.15, 0.2) is 0 Å². The summed E-state index contributed by atoms with van der Waals surface area (Å²) in [7, 11) is 1.88. The first-order valence-electron chi connectivity index (χ1n) is 3.68. The van der Waals surface area contributed by atoms with Crippen molar-refractivity contribution in [3.8, 4) is 0 Å². The number of nitrogens with zero attached hydrogens (tertiary/aromatic N) is 2. The highest BCUT2D eigenvalue weighted by Crippen LogP contribution is 2.21. The molecule has 1 aromatic rings. The number of aromatic nitrogens is 2. The van der Waals surface area contributed by atoms with Gasteiger partial charge in [-0.1, -0.05) is 0 Å². The molecule has 0 fully saturated rings. The van der Waals surface area contributed by atoms with E-state index in [9.17, 15) is 0 Å². The molecule has 3 N–H and O–H groups in total. The van der Waals surface area contributed by atoms with Crippen molar-refractivity contribution in [1.82, 2.24) is 9.78 Å². The Labute approximate surface area is 76.5 Å². The number of anilines is 1. The molecule has 0 saturated heterocycles. The number of thioether (sulfide) groups is 1. The molecule has 1 rings (SSSR count). The Balaban J connectivity index is 3.04. The Bertz CT molecular complexity index is 269. The van der Waals surface area contributed by atoms with Crippen LogP contribution in [-0.4, -0.2) is 16.0 Å². The van der Waals surface area contributed by atoms with E-state index in [2.05, 4.69) is 16.8 Å². The largest absolute Gasteiger partial charge is 0.308 e. The zero-order chi connectivity index (χ0) is 9.14. The zero-order valence-electron chi connectivity index (χ0n) is 7.59. The summed E-state index contributed by atoms with van der Waals surface area (Å²) in [6.45, 7) is 1.99. The Morgan fingerprint density at radius 3 is 2.83 bits per heavy atom. The Hall–Kier alpha value is -0.680. The van der Waals surface area contributed by atoms with Crippen molar-refractivity contribution >= 4 is 17.6 Å². The second-order valence-corrected chi connectivity index (χ2v) is 3.48. The van der Waals surface area contributed by atoms with E-state index in [-0.39, 0.29) is 0 Å². The summed E-state index contributed by atoms with van der Waals surface area (Å²) in [5.74, 6) is 7.22. The Morgan fingerprint density at radius 2 is 2.33 bits per heavy atom. The topological polar surface area (TPSA) is 55.9 Å². The number of hydrogen-bond donors (Lipinski definition) is 2. The van der Waals surface area contributed by atoms with Crippen LogP contribution < -0.4 is 11.3 Å². The van der Waals surface area contributed by atoms with Gasteiger partial charge in [0, 0.05) is 18.4 Å². The van der Waals surface area contributed by atoms with Crippen molar-refractivity contribution in [2.24, 2.45) is 12.9 Å². The maximum Gasteiger partial charge on any atom is 0.142 e. The van der Waals surface area contributed by atoms with Crippen molar-refractivity contribution in [3.63, 3.8) is 0 Å². The standard InChI is InChI=1S/C7H14N4S/c1-5-6(4-12-3)7(9-8)11(2)10-5/h9H,4,8H2,1-3H3. The van der Waals surface area contributed by atoms with Crippen molar-refractivity contribution in [2.45, 2.75) is 12.7 Å². The fraction of sp³-hybridized carbons (Fsp3) is 0.571. The van der Waals surface area contributed by atoms with Gasteiger partial charge in [0.1, 0.15) is 5.82 Å². The fourth-order valence-electron chi connectivity index (χ4n) is 1.20. The Kier molecular flexibility index (Phi) is 2.99. The van der Waals surface area contributed by atoms with Crippen LogP contribution in [0.25, 0.3) is 0 Å². The van der Waals surface area contributed by atoms with Gasteiger partial charge in [0.05, 0.1) is 5.69 Å². The molecule has 0 spiro atoms. The summed E-state index contributed by atoms with van der Waals surface area (Å²) < 4.78 is 1.76. The van der Waals surface area contributed by atoms with E-state index in [1.165, 1.54) is 5.56 Å². The molecule has 0 aromatic carbocycles. The minimum absolute atomic E-state index is 0.904. The predicted molar refractivity (Wildman–Crippen MR) is 53.0 cm³/mol. The molecule has 0 atom stereocenters. The number of nitrogens with one attached hydrogen (secondary N) is 1. The van der Waals surface area contributed by atoms with E-state index >= 15 is 0 Å². The number of nitrogens with two attached hydrogens (primary N) is 1. The number of aryl methyl sites for hydroxylation is 2. The molecule has 68 valence electrons. The summed E-state index contributed by atoms with van der Waals surface area (Å²) >= 11 is 1.76. The van der Waals surface area contributed by atoms with Crippen molar-refractivity contribution in [1.29, 1.82) is 0 Å². The van der Waals surface area contributed by atoms with Gasteiger partial charge in [-0.2, -0.15) is 16.9 Å². The van der Waals surface area contributed by atoms with Gasteiger partial charge in [-0.3, -0.25) is 4.68 Å². The Morgan fingerprint density at radius 1 is 1.67 bits per heavy atom. The van der Waals surface area contributed by atoms with E-state index in [0.29, 0.717) is 0 Å². The van der Waals surface area contributed by atoms with Gasteiger partial charge in [0.15, 0.2) is 0 Å². The van der Waals surface area contributed by atoms with E-state index in [1.807, 2.05) is 14.0 Å². The maximum absolute atomic E-state index is 5.37. The summed E-state index contributed by atoms with van der Waals surface area (Å²) in [6.07, 6.45) is 2.06. The van der Waals surface area contributed by atoms with E-state index in [1.54, 1.807) is 16.4 Å². The van der Waals surface area contributed by atoms with Crippen LogP contribution in [0, 0.1) is 6.92 Å². The summed E-state index contributed by atoms with van der Waals surface area (Å²) in [5.41, 5.74) is 4.89. The molecule has 1 heterocycles. The van der Waals surface area contributed by atoms with Crippen molar-refractivity contribution < 1.29 is 0 Å². The number of nitrogen functional groups attached to an aromatic ring is 1. The number of hydrazine groups is 1. The van der Waals surface area contributed by atoms with Crippen LogP contribution in [-0.2, 0) is 12.8 Å². The molecular formula is C7H14N4S. The fourth-order valence-corrected chi connectivity index (χ4v) is 1.83. The molecule has 0 aliphatic rings. The third-order valence-corrected chi connectivity index (χ3v) is 2.35. The van der Waals surface area contributed by atoms with Crippen LogP contribution in [0.5, 0.6) is 0 Å². The molecule has 4 nitrogen and oxygen atoms in total. The van der Waals surface area contributed by atoms with Gasteiger partial charge in [-0.15, -0.1) is 0 Å². The summed E-state index contributed by atoms with van der Waals surface area (Å²) in [5, 5.41) is 4.26. The first-order chi connectivity index (χ1) is 5.70. The number of hydrogen-bond acceptors (Lipinski definition) is 4. The van der Waals surface area contributed by atoms with Crippen molar-refractivity contribution in [2.75, 3.05) is 11.7 Å². The minimum atomic E-state index is 0.904.